The molecule has 0 aliphatic rings. The van der Waals surface area contributed by atoms with Gasteiger partial charge in [-0.05, 0) is 6.37 Å². The fraction of sp³-hybridized carbons (Fsp3) is 0.333. The lowest BCUT2D eigenvalue weighted by Gasteiger charge is -2.02. The summed E-state index contributed by atoms with van der Waals surface area (Å²) in [5, 5.41) is 18.1. The number of nitrogens with zero attached hydrogens (tertiary/aromatic N) is 2. The Morgan fingerprint density at radius 3 is 3.36 bits per heavy atom. The van der Waals surface area contributed by atoms with Gasteiger partial charge in [0.25, 0.3) is 0 Å². The average molecular weight is 159 g/mol. The lowest BCUT2D eigenvalue weighted by atomic mass is 9.79. The summed E-state index contributed by atoms with van der Waals surface area (Å²) < 4.78 is 50.6. The SMILES string of the molecule is [2H]c1nc([2H])c(B(O)O)c(C([2H])([2H])C([2H])([2H])[2H])n1. The van der Waals surface area contributed by atoms with Crippen LogP contribution in [0.25, 0.3) is 0 Å². The van der Waals surface area contributed by atoms with Crippen LogP contribution in [0.4, 0.5) is 0 Å². The number of hydrogen-bond acceptors (Lipinski definition) is 4. The predicted molar refractivity (Wildman–Crippen MR) is 41.2 cm³/mol. The van der Waals surface area contributed by atoms with E-state index in [0.29, 0.717) is 0 Å². The summed E-state index contributed by atoms with van der Waals surface area (Å²) in [4.78, 5) is 6.48. The van der Waals surface area contributed by atoms with Crippen molar-refractivity contribution < 1.29 is 19.6 Å². The van der Waals surface area contributed by atoms with Crippen LogP contribution in [0.1, 0.15) is 22.1 Å². The molecule has 0 unspecified atom stereocenters. The zero-order chi connectivity index (χ0) is 14.3. The maximum absolute atomic E-state index is 9.05. The van der Waals surface area contributed by atoms with Crippen molar-refractivity contribution in [2.75, 3.05) is 0 Å². The van der Waals surface area contributed by atoms with Crippen LogP contribution < -0.4 is 5.46 Å². The molecule has 0 aliphatic heterocycles. The average Bonchev–Trinajstić information content (AvgIpc) is 2.13. The molecule has 0 radical (unpaired) electrons. The molecule has 0 amide bonds. The van der Waals surface area contributed by atoms with Gasteiger partial charge in [-0.1, -0.05) is 6.85 Å². The molecule has 1 aromatic rings. The van der Waals surface area contributed by atoms with Crippen LogP contribution in [-0.2, 0) is 6.37 Å². The van der Waals surface area contributed by atoms with Crippen molar-refractivity contribution in [3.8, 4) is 0 Å². The van der Waals surface area contributed by atoms with E-state index >= 15 is 0 Å². The van der Waals surface area contributed by atoms with Gasteiger partial charge in [0.15, 0.2) is 0 Å². The second-order valence-corrected chi connectivity index (χ2v) is 1.70. The van der Waals surface area contributed by atoms with E-state index in [1.54, 1.807) is 0 Å². The highest BCUT2D eigenvalue weighted by atomic mass is 16.4. The molecule has 58 valence electrons. The van der Waals surface area contributed by atoms with Gasteiger partial charge in [-0.25, -0.2) is 9.97 Å². The van der Waals surface area contributed by atoms with E-state index in [1.165, 1.54) is 0 Å². The van der Waals surface area contributed by atoms with Gasteiger partial charge in [0, 0.05) is 24.2 Å². The molecule has 11 heavy (non-hydrogen) atoms. The minimum atomic E-state index is -3.14. The van der Waals surface area contributed by atoms with E-state index in [0.717, 1.165) is 0 Å². The Bertz CT molecular complexity index is 464. The summed E-state index contributed by atoms with van der Waals surface area (Å²) in [5.41, 5.74) is -1.64. The quantitative estimate of drug-likeness (QED) is 0.527. The standard InChI is InChI=1S/C6H9BN2O2/c1-2-6-5(7(10)11)3-8-4-9-6/h3-4,10-11H,2H2,1H3/i1D3,2D2,3D,4D. The topological polar surface area (TPSA) is 66.2 Å². The first kappa shape index (κ1) is 2.84. The predicted octanol–water partition coefficient (Wildman–Crippen LogP) is -1.28. The molecule has 0 saturated heterocycles. The van der Waals surface area contributed by atoms with Gasteiger partial charge in [0.05, 0.1) is 1.37 Å². The van der Waals surface area contributed by atoms with Crippen LogP contribution in [0.2, 0.25) is 0 Å². The first-order valence-corrected chi connectivity index (χ1v) is 2.70. The van der Waals surface area contributed by atoms with Gasteiger partial charge in [-0.15, -0.1) is 0 Å². The number of rotatable bonds is 2. The molecule has 0 bridgehead atoms. The number of aryl methyl sites for hydroxylation is 1. The van der Waals surface area contributed by atoms with Crippen molar-refractivity contribution in [2.45, 2.75) is 13.2 Å². The van der Waals surface area contributed by atoms with E-state index in [-0.39, 0.29) is 0 Å². The molecular weight excluding hydrogens is 143 g/mol. The van der Waals surface area contributed by atoms with Crippen molar-refractivity contribution in [1.82, 2.24) is 9.97 Å². The maximum Gasteiger partial charge on any atom is 0.491 e. The molecule has 1 heterocycles. The zero-order valence-electron chi connectivity index (χ0n) is 12.4. The van der Waals surface area contributed by atoms with Crippen molar-refractivity contribution in [3.05, 3.63) is 18.2 Å². The molecule has 5 heteroatoms. The number of aromatic nitrogens is 2. The van der Waals surface area contributed by atoms with E-state index < -0.39 is 44.0 Å². The monoisotopic (exact) mass is 159 g/mol. The van der Waals surface area contributed by atoms with E-state index in [2.05, 4.69) is 9.97 Å². The fourth-order valence-electron chi connectivity index (χ4n) is 0.549. The molecule has 1 aromatic heterocycles. The lowest BCUT2D eigenvalue weighted by molar-refractivity contribution is 0.425. The van der Waals surface area contributed by atoms with Crippen LogP contribution in [0.15, 0.2) is 12.5 Å². The Morgan fingerprint density at radius 1 is 1.91 bits per heavy atom. The Balaban J connectivity index is 3.58. The molecule has 0 spiro atoms. The van der Waals surface area contributed by atoms with Gasteiger partial charge < -0.3 is 10.0 Å². The Hall–Kier alpha value is -0.935. The highest BCUT2D eigenvalue weighted by Gasteiger charge is 2.15. The molecule has 0 fully saturated rings. The van der Waals surface area contributed by atoms with Gasteiger partial charge in [0.1, 0.15) is 7.67 Å². The minimum absolute atomic E-state index is 0.757. The molecule has 4 nitrogen and oxygen atoms in total. The second kappa shape index (κ2) is 3.45. The van der Waals surface area contributed by atoms with Gasteiger partial charge in [0.2, 0.25) is 0 Å². The summed E-state index contributed by atoms with van der Waals surface area (Å²) in [5.74, 6) is 0. The molecular formula is C6H9BN2O2. The third-order valence-electron chi connectivity index (χ3n) is 1.02. The van der Waals surface area contributed by atoms with Gasteiger partial charge >= 0.3 is 7.12 Å². The summed E-state index contributed by atoms with van der Waals surface area (Å²) >= 11 is 0. The number of hydrogen-bond donors (Lipinski definition) is 2. The Kier molecular flexibility index (Phi) is 0.892. The Morgan fingerprint density at radius 2 is 2.73 bits per heavy atom. The Labute approximate surface area is 74.9 Å². The van der Waals surface area contributed by atoms with Crippen molar-refractivity contribution >= 4 is 12.6 Å². The van der Waals surface area contributed by atoms with Crippen LogP contribution in [0, 0.1) is 0 Å². The highest BCUT2D eigenvalue weighted by molar-refractivity contribution is 6.58. The largest absolute Gasteiger partial charge is 0.491 e. The lowest BCUT2D eigenvalue weighted by Crippen LogP contribution is -2.34. The van der Waals surface area contributed by atoms with Crippen molar-refractivity contribution in [3.63, 3.8) is 0 Å². The molecule has 0 aliphatic carbocycles. The smallest absolute Gasteiger partial charge is 0.423 e. The molecule has 0 saturated carbocycles. The van der Waals surface area contributed by atoms with Crippen LogP contribution in [-0.4, -0.2) is 27.1 Å². The first-order valence-electron chi connectivity index (χ1n) is 6.20. The van der Waals surface area contributed by atoms with Gasteiger partial charge in [-0.2, -0.15) is 0 Å². The molecule has 0 atom stereocenters. The van der Waals surface area contributed by atoms with Crippen molar-refractivity contribution in [2.24, 2.45) is 0 Å². The third-order valence-corrected chi connectivity index (χ3v) is 1.02. The highest BCUT2D eigenvalue weighted by Crippen LogP contribution is 1.89. The molecule has 0 aromatic carbocycles. The zero-order valence-corrected chi connectivity index (χ0v) is 5.37. The summed E-state index contributed by atoms with van der Waals surface area (Å²) in [6.07, 6.45) is -4.60. The summed E-state index contributed by atoms with van der Waals surface area (Å²) in [6, 6.07) is 0. The second-order valence-electron chi connectivity index (χ2n) is 1.70. The van der Waals surface area contributed by atoms with E-state index in [4.69, 9.17) is 19.6 Å². The molecule has 1 rings (SSSR count). The van der Waals surface area contributed by atoms with E-state index in [9.17, 15) is 0 Å². The van der Waals surface area contributed by atoms with E-state index in [1.807, 2.05) is 0 Å². The molecule has 2 N–H and O–H groups in total. The fourth-order valence-corrected chi connectivity index (χ4v) is 0.549. The normalized spacial score (nSPS) is 21.5. The maximum atomic E-state index is 9.05. The minimum Gasteiger partial charge on any atom is -0.423 e. The van der Waals surface area contributed by atoms with Crippen LogP contribution >= 0.6 is 0 Å². The van der Waals surface area contributed by atoms with Crippen LogP contribution in [0.3, 0.4) is 0 Å². The summed E-state index contributed by atoms with van der Waals surface area (Å²) in [6.45, 7) is -3.14. The summed E-state index contributed by atoms with van der Waals surface area (Å²) in [7, 11) is -2.30. The third kappa shape index (κ3) is 1.75. The van der Waals surface area contributed by atoms with Crippen molar-refractivity contribution in [1.29, 1.82) is 0 Å². The van der Waals surface area contributed by atoms with Crippen LogP contribution in [0.5, 0.6) is 0 Å². The van der Waals surface area contributed by atoms with Gasteiger partial charge in [-0.3, -0.25) is 0 Å². The first-order chi connectivity index (χ1) is 7.98.